The molecule has 2 fully saturated rings. The Morgan fingerprint density at radius 3 is 2.81 bits per heavy atom. The number of carbonyl (C=O) groups excluding carboxylic acids is 2. The molecule has 2 saturated carbocycles. The van der Waals surface area contributed by atoms with Crippen molar-refractivity contribution < 1.29 is 19.1 Å². The topological polar surface area (TPSA) is 109 Å². The van der Waals surface area contributed by atoms with Crippen molar-refractivity contribution in [2.24, 2.45) is 11.8 Å². The number of furan rings is 2. The molecule has 2 amide bonds. The van der Waals surface area contributed by atoms with Gasteiger partial charge in [-0.3, -0.25) is 14.5 Å². The first-order valence-corrected chi connectivity index (χ1v) is 9.29. The molecule has 2 aliphatic carbocycles. The number of nitrogens with one attached hydrogen (secondary N) is 1. The zero-order chi connectivity index (χ0) is 18.2. The summed E-state index contributed by atoms with van der Waals surface area (Å²) in [7, 11) is 0. The van der Waals surface area contributed by atoms with E-state index in [0.29, 0.717) is 39.8 Å². The van der Waals surface area contributed by atoms with Gasteiger partial charge >= 0.3 is 0 Å². The summed E-state index contributed by atoms with van der Waals surface area (Å²) in [4.78, 5) is 26.5. The molecule has 1 aliphatic heterocycles. The van der Waals surface area contributed by atoms with Crippen molar-refractivity contribution in [3.8, 4) is 0 Å². The number of fused-ring (bicyclic) bond motifs is 7. The highest BCUT2D eigenvalue weighted by Crippen LogP contribution is 2.47. The molecule has 138 valence electrons. The minimum atomic E-state index is -1.20. The number of nitrogens with zero attached hydrogens (tertiary/aromatic N) is 1. The van der Waals surface area contributed by atoms with Crippen LogP contribution in [0.25, 0.3) is 11.2 Å². The zero-order valence-electron chi connectivity index (χ0n) is 14.7. The van der Waals surface area contributed by atoms with E-state index in [4.69, 9.17) is 10.2 Å². The molecule has 26 heavy (non-hydrogen) atoms. The number of nitrogens with two attached hydrogens (primary N) is 1. The predicted molar refractivity (Wildman–Crippen MR) is 94.4 cm³/mol. The maximum absolute atomic E-state index is 12.7. The quantitative estimate of drug-likeness (QED) is 0.728. The minimum Gasteiger partial charge on any atom is -0.454 e. The van der Waals surface area contributed by atoms with Gasteiger partial charge in [0, 0.05) is 11.6 Å². The van der Waals surface area contributed by atoms with Gasteiger partial charge in [-0.2, -0.15) is 0 Å². The average molecular weight is 357 g/mol. The lowest BCUT2D eigenvalue weighted by Crippen LogP contribution is -2.52. The zero-order valence-corrected chi connectivity index (χ0v) is 14.7. The van der Waals surface area contributed by atoms with E-state index >= 15 is 0 Å². The molecule has 0 radical (unpaired) electrons. The van der Waals surface area contributed by atoms with Gasteiger partial charge in [0.05, 0.1) is 16.8 Å². The smallest absolute Gasteiger partial charge is 0.261 e. The maximum atomic E-state index is 12.7. The van der Waals surface area contributed by atoms with E-state index in [2.05, 4.69) is 12.2 Å². The fraction of sp³-hybridized carbons (Fsp3) is 0.579. The number of benzene rings is 1. The summed E-state index contributed by atoms with van der Waals surface area (Å²) < 4.78 is 5.45. The lowest BCUT2D eigenvalue weighted by molar-refractivity contribution is -0.126. The van der Waals surface area contributed by atoms with Crippen LogP contribution in [0.1, 0.15) is 61.2 Å². The molecule has 4 bridgehead atoms. The predicted octanol–water partition coefficient (Wildman–Crippen LogP) is 1.98. The number of aliphatic hydroxyl groups excluding tert-OH is 1. The van der Waals surface area contributed by atoms with Gasteiger partial charge in [-0.15, -0.1) is 0 Å². The molecular formula is C19H23N3O4. The molecule has 2 aromatic heterocycles. The van der Waals surface area contributed by atoms with Crippen LogP contribution in [0.3, 0.4) is 0 Å². The second kappa shape index (κ2) is 5.13. The van der Waals surface area contributed by atoms with Crippen molar-refractivity contribution in [1.82, 2.24) is 10.2 Å². The normalized spacial score (nSPS) is 33.2. The van der Waals surface area contributed by atoms with E-state index in [0.717, 1.165) is 12.8 Å². The number of rotatable bonds is 3. The first-order valence-electron chi connectivity index (χ1n) is 9.29. The van der Waals surface area contributed by atoms with Crippen LogP contribution >= 0.6 is 0 Å². The summed E-state index contributed by atoms with van der Waals surface area (Å²) in [6, 6.07) is 1.58. The highest BCUT2D eigenvalue weighted by Gasteiger charge is 2.45. The van der Waals surface area contributed by atoms with Crippen molar-refractivity contribution in [3.63, 3.8) is 0 Å². The Kier molecular flexibility index (Phi) is 3.14. The van der Waals surface area contributed by atoms with Crippen molar-refractivity contribution in [2.75, 3.05) is 12.3 Å². The third-order valence-electron chi connectivity index (χ3n) is 6.43. The molecule has 3 heterocycles. The monoisotopic (exact) mass is 357 g/mol. The molecule has 0 aromatic carbocycles. The summed E-state index contributed by atoms with van der Waals surface area (Å²) >= 11 is 0. The number of anilines is 1. The molecule has 3 unspecified atom stereocenters. The Labute approximate surface area is 150 Å². The van der Waals surface area contributed by atoms with Gasteiger partial charge < -0.3 is 20.6 Å². The lowest BCUT2D eigenvalue weighted by Gasteiger charge is -2.39. The average Bonchev–Trinajstić information content (AvgIpc) is 3.26. The van der Waals surface area contributed by atoms with Gasteiger partial charge in [0.15, 0.2) is 11.8 Å². The molecule has 7 nitrogen and oxygen atoms in total. The minimum absolute atomic E-state index is 0.168. The number of carbonyl (C=O) groups is 2. The molecule has 0 saturated heterocycles. The standard InChI is InChI=1S/C19H23N3O4/c1-19(6-9-2-3-10(4-9)7-19)21-13(23)8-22-17(24)14-12-5-11(20)16(26-12)15(14)18(22)25/h5,9-10,18,25H,2-4,6-8,20H2,1H3,(H,21,23). The highest BCUT2D eigenvalue weighted by atomic mass is 16.3. The van der Waals surface area contributed by atoms with Crippen LogP contribution in [0.5, 0.6) is 0 Å². The van der Waals surface area contributed by atoms with E-state index in [9.17, 15) is 14.7 Å². The van der Waals surface area contributed by atoms with Crippen LogP contribution in [0.15, 0.2) is 10.5 Å². The van der Waals surface area contributed by atoms with Crippen molar-refractivity contribution in [1.29, 1.82) is 0 Å². The molecule has 3 aliphatic rings. The number of nitrogen functional groups attached to an aromatic ring is 1. The van der Waals surface area contributed by atoms with Crippen LogP contribution in [-0.2, 0) is 4.79 Å². The Hall–Kier alpha value is -2.28. The molecule has 3 atom stereocenters. The molecule has 0 spiro atoms. The van der Waals surface area contributed by atoms with Gasteiger partial charge in [-0.05, 0) is 38.0 Å². The number of amides is 2. The van der Waals surface area contributed by atoms with Gasteiger partial charge in [-0.25, -0.2) is 0 Å². The number of hydrogen-bond donors (Lipinski definition) is 3. The van der Waals surface area contributed by atoms with Crippen molar-refractivity contribution in [2.45, 2.75) is 50.8 Å². The second-order valence-electron chi connectivity index (χ2n) is 8.55. The van der Waals surface area contributed by atoms with Crippen LogP contribution in [0, 0.1) is 11.8 Å². The molecule has 2 aromatic rings. The SMILES string of the molecule is CC1(NC(=O)CN2C(=O)c3c(c4oc3cc4N)C2O)CC2CCC(C2)C1. The van der Waals surface area contributed by atoms with E-state index in [1.54, 1.807) is 6.07 Å². The summed E-state index contributed by atoms with van der Waals surface area (Å²) in [6.45, 7) is 1.93. The van der Waals surface area contributed by atoms with Crippen molar-refractivity contribution >= 4 is 28.7 Å². The van der Waals surface area contributed by atoms with Gasteiger partial charge in [0.25, 0.3) is 5.91 Å². The maximum Gasteiger partial charge on any atom is 0.261 e. The summed E-state index contributed by atoms with van der Waals surface area (Å²) in [5.74, 6) is 0.771. The second-order valence-corrected chi connectivity index (χ2v) is 8.55. The van der Waals surface area contributed by atoms with Crippen LogP contribution in [0.2, 0.25) is 0 Å². The van der Waals surface area contributed by atoms with Gasteiger partial charge in [-0.1, -0.05) is 12.8 Å². The molecular weight excluding hydrogens is 334 g/mol. The number of hydrogen-bond acceptors (Lipinski definition) is 5. The largest absolute Gasteiger partial charge is 0.454 e. The van der Waals surface area contributed by atoms with Crippen LogP contribution in [0.4, 0.5) is 5.69 Å². The Balaban J connectivity index is 1.32. The van der Waals surface area contributed by atoms with E-state index < -0.39 is 6.23 Å². The third-order valence-corrected chi connectivity index (χ3v) is 6.43. The Morgan fingerprint density at radius 2 is 2.12 bits per heavy atom. The first-order chi connectivity index (χ1) is 12.3. The fourth-order valence-electron chi connectivity index (χ4n) is 5.56. The lowest BCUT2D eigenvalue weighted by atomic mass is 9.76. The van der Waals surface area contributed by atoms with Crippen molar-refractivity contribution in [3.05, 3.63) is 17.2 Å². The molecule has 4 N–H and O–H groups in total. The Bertz CT molecular complexity index is 892. The fourth-order valence-corrected chi connectivity index (χ4v) is 5.56. The van der Waals surface area contributed by atoms with Gasteiger partial charge in [0.2, 0.25) is 5.91 Å². The van der Waals surface area contributed by atoms with Gasteiger partial charge in [0.1, 0.15) is 12.1 Å². The Morgan fingerprint density at radius 1 is 1.42 bits per heavy atom. The summed E-state index contributed by atoms with van der Waals surface area (Å²) in [6.07, 6.45) is 4.56. The van der Waals surface area contributed by atoms with E-state index in [-0.39, 0.29) is 23.9 Å². The third kappa shape index (κ3) is 2.16. The highest BCUT2D eigenvalue weighted by molar-refractivity contribution is 6.11. The summed E-state index contributed by atoms with van der Waals surface area (Å²) in [5.41, 5.74) is 7.44. The molecule has 7 heteroatoms. The van der Waals surface area contributed by atoms with E-state index in [1.807, 2.05) is 0 Å². The summed E-state index contributed by atoms with van der Waals surface area (Å²) in [5, 5.41) is 13.7. The number of aliphatic hydroxyl groups is 1. The molecule has 5 rings (SSSR count). The van der Waals surface area contributed by atoms with Crippen LogP contribution < -0.4 is 11.1 Å². The van der Waals surface area contributed by atoms with E-state index in [1.165, 1.54) is 24.2 Å². The van der Waals surface area contributed by atoms with Crippen LogP contribution in [-0.4, -0.2) is 33.9 Å². The first kappa shape index (κ1) is 15.9.